The summed E-state index contributed by atoms with van der Waals surface area (Å²) in [5.74, 6) is 1.69. The van der Waals surface area contributed by atoms with Crippen molar-refractivity contribution >= 4 is 29.9 Å². The molecule has 0 saturated carbocycles. The lowest BCUT2D eigenvalue weighted by Gasteiger charge is -2.12. The zero-order valence-corrected chi connectivity index (χ0v) is 16.8. The van der Waals surface area contributed by atoms with Crippen molar-refractivity contribution in [2.75, 3.05) is 13.7 Å². The second-order valence-corrected chi connectivity index (χ2v) is 5.39. The molecular weight excluding hydrogens is 413 g/mol. The van der Waals surface area contributed by atoms with E-state index < -0.39 is 0 Å². The molecule has 2 N–H and O–H groups in total. The summed E-state index contributed by atoms with van der Waals surface area (Å²) in [6, 6.07) is 16.5. The van der Waals surface area contributed by atoms with Crippen molar-refractivity contribution in [1.29, 1.82) is 0 Å². The van der Waals surface area contributed by atoms with Gasteiger partial charge < -0.3 is 15.4 Å². The van der Waals surface area contributed by atoms with Gasteiger partial charge in [-0.1, -0.05) is 42.0 Å². The number of nitrogens with one attached hydrogen (secondary N) is 2. The molecule has 2 aromatic carbocycles. The van der Waals surface area contributed by atoms with Crippen molar-refractivity contribution < 1.29 is 4.74 Å². The molecule has 0 aromatic heterocycles. The van der Waals surface area contributed by atoms with E-state index in [0.29, 0.717) is 6.54 Å². The number of aryl methyl sites for hydroxylation is 1. The monoisotopic (exact) mass is 439 g/mol. The summed E-state index contributed by atoms with van der Waals surface area (Å²) in [6.07, 6.45) is 0. The highest BCUT2D eigenvalue weighted by Crippen LogP contribution is 2.11. The van der Waals surface area contributed by atoms with Crippen molar-refractivity contribution in [2.24, 2.45) is 4.99 Å². The van der Waals surface area contributed by atoms with Crippen LogP contribution in [0.2, 0.25) is 0 Å². The lowest BCUT2D eigenvalue weighted by Crippen LogP contribution is -2.36. The zero-order chi connectivity index (χ0) is 16.5. The first-order chi connectivity index (χ1) is 11.2. The van der Waals surface area contributed by atoms with Gasteiger partial charge in [0.05, 0.1) is 13.7 Å². The van der Waals surface area contributed by atoms with Crippen LogP contribution in [0.5, 0.6) is 5.75 Å². The van der Waals surface area contributed by atoms with Gasteiger partial charge in [-0.2, -0.15) is 0 Å². The van der Waals surface area contributed by atoms with E-state index in [1.54, 1.807) is 7.11 Å². The zero-order valence-electron chi connectivity index (χ0n) is 14.5. The molecule has 24 heavy (non-hydrogen) atoms. The molecule has 5 heteroatoms. The summed E-state index contributed by atoms with van der Waals surface area (Å²) in [6.45, 7) is 6.39. The summed E-state index contributed by atoms with van der Waals surface area (Å²) in [5, 5.41) is 6.63. The van der Waals surface area contributed by atoms with Gasteiger partial charge in [0.15, 0.2) is 5.96 Å². The Balaban J connectivity index is 0.00000288. The highest BCUT2D eigenvalue weighted by atomic mass is 127. The highest BCUT2D eigenvalue weighted by Gasteiger charge is 1.99. The third-order valence-electron chi connectivity index (χ3n) is 3.47. The van der Waals surface area contributed by atoms with E-state index in [1.165, 1.54) is 16.7 Å². The molecule has 0 aliphatic rings. The molecule has 0 bridgehead atoms. The first-order valence-electron chi connectivity index (χ1n) is 7.92. The summed E-state index contributed by atoms with van der Waals surface area (Å²) < 4.78 is 5.17. The number of methoxy groups -OCH3 is 1. The van der Waals surface area contributed by atoms with E-state index in [0.717, 1.165) is 24.8 Å². The number of aliphatic imine (C=N–C) groups is 1. The average Bonchev–Trinajstić information content (AvgIpc) is 2.58. The minimum atomic E-state index is 0. The van der Waals surface area contributed by atoms with E-state index in [9.17, 15) is 0 Å². The van der Waals surface area contributed by atoms with Gasteiger partial charge in [0.1, 0.15) is 5.75 Å². The van der Waals surface area contributed by atoms with Crippen molar-refractivity contribution in [1.82, 2.24) is 10.6 Å². The summed E-state index contributed by atoms with van der Waals surface area (Å²) in [7, 11) is 1.68. The van der Waals surface area contributed by atoms with Crippen molar-refractivity contribution in [2.45, 2.75) is 26.9 Å². The fourth-order valence-corrected chi connectivity index (χ4v) is 2.25. The largest absolute Gasteiger partial charge is 0.497 e. The number of hydrogen-bond acceptors (Lipinski definition) is 2. The van der Waals surface area contributed by atoms with Gasteiger partial charge in [0, 0.05) is 13.1 Å². The van der Waals surface area contributed by atoms with Crippen LogP contribution >= 0.6 is 24.0 Å². The number of ether oxygens (including phenoxy) is 1. The first-order valence-corrected chi connectivity index (χ1v) is 7.92. The molecule has 4 nitrogen and oxygen atoms in total. The topological polar surface area (TPSA) is 45.7 Å². The molecule has 0 spiro atoms. The Hall–Kier alpha value is -1.76. The Morgan fingerprint density at radius 1 is 1.04 bits per heavy atom. The normalized spacial score (nSPS) is 10.7. The highest BCUT2D eigenvalue weighted by molar-refractivity contribution is 14.0. The van der Waals surface area contributed by atoms with Crippen molar-refractivity contribution in [3.63, 3.8) is 0 Å². The minimum absolute atomic E-state index is 0. The van der Waals surface area contributed by atoms with E-state index in [-0.39, 0.29) is 24.0 Å². The third-order valence-corrected chi connectivity index (χ3v) is 3.47. The molecule has 130 valence electrons. The molecule has 0 amide bonds. The SMILES string of the molecule is CCNC(=NCc1cccc(C)c1)NCc1ccc(OC)cc1.I. The van der Waals surface area contributed by atoms with Crippen LogP contribution in [0, 0.1) is 6.92 Å². The maximum absolute atomic E-state index is 5.17. The van der Waals surface area contributed by atoms with Crippen LogP contribution in [-0.4, -0.2) is 19.6 Å². The number of halogens is 1. The fraction of sp³-hybridized carbons (Fsp3) is 0.316. The maximum Gasteiger partial charge on any atom is 0.191 e. The molecule has 0 atom stereocenters. The van der Waals surface area contributed by atoms with Gasteiger partial charge in [-0.15, -0.1) is 24.0 Å². The number of nitrogens with zero attached hydrogens (tertiary/aromatic N) is 1. The van der Waals surface area contributed by atoms with Crippen LogP contribution in [0.25, 0.3) is 0 Å². The summed E-state index contributed by atoms with van der Waals surface area (Å²) in [4.78, 5) is 4.64. The minimum Gasteiger partial charge on any atom is -0.497 e. The van der Waals surface area contributed by atoms with Crippen LogP contribution in [0.1, 0.15) is 23.6 Å². The molecule has 0 heterocycles. The lowest BCUT2D eigenvalue weighted by atomic mass is 10.1. The lowest BCUT2D eigenvalue weighted by molar-refractivity contribution is 0.414. The predicted molar refractivity (Wildman–Crippen MR) is 111 cm³/mol. The quantitative estimate of drug-likeness (QED) is 0.408. The van der Waals surface area contributed by atoms with Gasteiger partial charge >= 0.3 is 0 Å². The van der Waals surface area contributed by atoms with Gasteiger partial charge in [-0.05, 0) is 37.1 Å². The van der Waals surface area contributed by atoms with Crippen molar-refractivity contribution in [3.8, 4) is 5.75 Å². The van der Waals surface area contributed by atoms with E-state index in [4.69, 9.17) is 4.74 Å². The van der Waals surface area contributed by atoms with Crippen molar-refractivity contribution in [3.05, 3.63) is 65.2 Å². The van der Waals surface area contributed by atoms with Gasteiger partial charge in [0.25, 0.3) is 0 Å². The van der Waals surface area contributed by atoms with Crippen LogP contribution in [0.3, 0.4) is 0 Å². The Labute approximate surface area is 161 Å². The van der Waals surface area contributed by atoms with Gasteiger partial charge in [-0.3, -0.25) is 0 Å². The van der Waals surface area contributed by atoms with Crippen LogP contribution in [-0.2, 0) is 13.1 Å². The number of rotatable bonds is 6. The second kappa shape index (κ2) is 10.9. The molecule has 0 unspecified atom stereocenters. The predicted octanol–water partition coefficient (Wildman–Crippen LogP) is 3.88. The summed E-state index contributed by atoms with van der Waals surface area (Å²) in [5.41, 5.74) is 3.66. The molecule has 2 aromatic rings. The second-order valence-electron chi connectivity index (χ2n) is 5.39. The van der Waals surface area contributed by atoms with Gasteiger partial charge in [0.2, 0.25) is 0 Å². The Bertz CT molecular complexity index is 641. The Kier molecular flexibility index (Phi) is 9.22. The molecule has 2 rings (SSSR count). The Morgan fingerprint density at radius 2 is 1.79 bits per heavy atom. The third kappa shape index (κ3) is 6.78. The number of guanidine groups is 1. The van der Waals surface area contributed by atoms with Crippen LogP contribution in [0.4, 0.5) is 0 Å². The summed E-state index contributed by atoms with van der Waals surface area (Å²) >= 11 is 0. The molecule has 0 aliphatic heterocycles. The fourth-order valence-electron chi connectivity index (χ4n) is 2.25. The molecule has 0 aliphatic carbocycles. The van der Waals surface area contributed by atoms with E-state index in [1.807, 2.05) is 12.1 Å². The standard InChI is InChI=1S/C19H25N3O.HI/c1-4-20-19(22-14-17-7-5-6-15(2)12-17)21-13-16-8-10-18(23-3)11-9-16;/h5-12H,4,13-14H2,1-3H3,(H2,20,21,22);1H. The molecular formula is C19H26IN3O. The van der Waals surface area contributed by atoms with Crippen LogP contribution in [0.15, 0.2) is 53.5 Å². The first kappa shape index (κ1) is 20.3. The van der Waals surface area contributed by atoms with E-state index >= 15 is 0 Å². The smallest absolute Gasteiger partial charge is 0.191 e. The van der Waals surface area contributed by atoms with Gasteiger partial charge in [-0.25, -0.2) is 4.99 Å². The molecule has 0 radical (unpaired) electrons. The number of hydrogen-bond donors (Lipinski definition) is 2. The van der Waals surface area contributed by atoms with E-state index in [2.05, 4.69) is 65.9 Å². The Morgan fingerprint density at radius 3 is 2.42 bits per heavy atom. The molecule has 0 fully saturated rings. The maximum atomic E-state index is 5.17. The van der Waals surface area contributed by atoms with Crippen LogP contribution < -0.4 is 15.4 Å². The number of benzene rings is 2. The molecule has 0 saturated heterocycles. The average molecular weight is 439 g/mol.